The van der Waals surface area contributed by atoms with Crippen LogP contribution < -0.4 is 0 Å². The highest BCUT2D eigenvalue weighted by Crippen LogP contribution is 2.68. The van der Waals surface area contributed by atoms with Crippen LogP contribution in [-0.2, 0) is 19.1 Å². The van der Waals surface area contributed by atoms with Crippen LogP contribution in [0.2, 0.25) is 0 Å². The molecule has 3 aliphatic rings. The molecule has 0 saturated carbocycles. The highest BCUT2D eigenvalue weighted by atomic mass is 79.9. The quantitative estimate of drug-likeness (QED) is 0.162. The molecule has 3 aliphatic heterocycles. The van der Waals surface area contributed by atoms with Crippen LogP contribution in [-0.4, -0.2) is 85.9 Å². The number of likely N-dealkylation sites (tertiary alicyclic amines) is 1. The highest BCUT2D eigenvalue weighted by Gasteiger charge is 2.76. The maximum atomic E-state index is 14.0. The fraction of sp³-hybridized carbons (Fsp3) is 0.720. The smallest absolute Gasteiger partial charge is 0.310 e. The maximum Gasteiger partial charge on any atom is 0.310 e. The van der Waals surface area contributed by atoms with E-state index < -0.39 is 22.6 Å². The molecule has 2 amide bonds. The van der Waals surface area contributed by atoms with Gasteiger partial charge >= 0.3 is 5.97 Å². The number of aliphatic hydroxyl groups excluding tert-OH is 1. The molecule has 1 N–H and O–H groups in total. The average molecular weight is 558 g/mol. The molecule has 3 saturated heterocycles. The van der Waals surface area contributed by atoms with E-state index in [9.17, 15) is 14.4 Å². The second kappa shape index (κ2) is 11.6. The normalized spacial score (nSPS) is 31.6. The topological polar surface area (TPSA) is 87.2 Å². The Bertz CT molecular complexity index is 808. The summed E-state index contributed by atoms with van der Waals surface area (Å²) in [5.74, 6) is -1.71. The molecule has 0 aliphatic carbocycles. The number of fused-ring (bicyclic) bond motifs is 1. The molecule has 6 atom stereocenters. The highest BCUT2D eigenvalue weighted by molar-refractivity contribution is 9.09. The summed E-state index contributed by atoms with van der Waals surface area (Å²) < 4.78 is 4.87. The fourth-order valence-electron chi connectivity index (χ4n) is 5.68. The predicted octanol–water partition coefficient (Wildman–Crippen LogP) is 3.16. The summed E-state index contributed by atoms with van der Waals surface area (Å²) in [4.78, 5) is 44.6. The van der Waals surface area contributed by atoms with E-state index in [2.05, 4.69) is 29.1 Å². The molecule has 3 fully saturated rings. The number of hydrogen-bond acceptors (Lipinski definition) is 6. The van der Waals surface area contributed by atoms with E-state index in [1.54, 1.807) is 33.7 Å². The third-order valence-electron chi connectivity index (χ3n) is 7.15. The Labute approximate surface area is 215 Å². The number of alkyl halides is 1. The molecule has 3 unspecified atom stereocenters. The van der Waals surface area contributed by atoms with E-state index >= 15 is 0 Å². The SMILES string of the molecule is C=CCCOC(=O)[C@H]1[C@@H]2SC3(CC2Br)C(C(=O)N(CC=C)C(C)C)N(CCCCCO)C(=O)[C@H]13. The molecule has 0 radical (unpaired) electrons. The molecule has 1 spiro atoms. The summed E-state index contributed by atoms with van der Waals surface area (Å²) in [6.45, 7) is 12.6. The van der Waals surface area contributed by atoms with Gasteiger partial charge < -0.3 is 19.6 Å². The van der Waals surface area contributed by atoms with Crippen molar-refractivity contribution in [3.8, 4) is 0 Å². The zero-order valence-corrected chi connectivity index (χ0v) is 22.6. The Morgan fingerprint density at radius 2 is 2.06 bits per heavy atom. The Balaban J connectivity index is 1.97. The number of rotatable bonds is 13. The number of unbranched alkanes of at least 4 members (excludes halogenated alkanes) is 2. The van der Waals surface area contributed by atoms with Crippen molar-refractivity contribution in [3.05, 3.63) is 25.3 Å². The number of amides is 2. The minimum absolute atomic E-state index is 0.0232. The molecular formula is C25H37BrN2O5S. The lowest BCUT2D eigenvalue weighted by molar-refractivity contribution is -0.154. The van der Waals surface area contributed by atoms with Crippen molar-refractivity contribution in [1.82, 2.24) is 9.80 Å². The standard InChI is InChI=1S/C25H37BrN2O5S/c1-5-7-14-33-24(32)18-19-22(30)28(12-9-8-10-13-29)21(23(31)27(11-6-2)16(3)4)25(19)15-17(26)20(18)34-25/h5-6,16-21,29H,1-2,7-15H2,3-4H3/t17?,18-,19+,20-,21?,25?/m1/s1. The summed E-state index contributed by atoms with van der Waals surface area (Å²) in [7, 11) is 0. The molecule has 34 heavy (non-hydrogen) atoms. The van der Waals surface area contributed by atoms with Crippen molar-refractivity contribution in [3.63, 3.8) is 0 Å². The van der Waals surface area contributed by atoms with Gasteiger partial charge in [0, 0.05) is 35.8 Å². The van der Waals surface area contributed by atoms with E-state index in [0.717, 1.165) is 6.42 Å². The predicted molar refractivity (Wildman–Crippen MR) is 138 cm³/mol. The molecule has 0 aromatic rings. The average Bonchev–Trinajstić information content (AvgIpc) is 3.38. The van der Waals surface area contributed by atoms with Gasteiger partial charge in [-0.15, -0.1) is 24.9 Å². The van der Waals surface area contributed by atoms with Crippen LogP contribution in [0, 0.1) is 11.8 Å². The second-order valence-electron chi connectivity index (χ2n) is 9.60. The first kappa shape index (κ1) is 27.3. The maximum absolute atomic E-state index is 14.0. The Morgan fingerprint density at radius 1 is 1.32 bits per heavy atom. The fourth-order valence-corrected chi connectivity index (χ4v) is 9.27. The van der Waals surface area contributed by atoms with Crippen molar-refractivity contribution >= 4 is 45.5 Å². The van der Waals surface area contributed by atoms with E-state index in [1.165, 1.54) is 0 Å². The van der Waals surface area contributed by atoms with Gasteiger partial charge in [-0.2, -0.15) is 0 Å². The van der Waals surface area contributed by atoms with Crippen LogP contribution in [0.15, 0.2) is 25.3 Å². The molecule has 3 rings (SSSR count). The molecule has 2 bridgehead atoms. The van der Waals surface area contributed by atoms with E-state index in [4.69, 9.17) is 9.84 Å². The number of nitrogens with zero attached hydrogens (tertiary/aromatic N) is 2. The van der Waals surface area contributed by atoms with Gasteiger partial charge in [-0.1, -0.05) is 28.1 Å². The Kier molecular flexibility index (Phi) is 9.31. The molecule has 3 heterocycles. The van der Waals surface area contributed by atoms with Gasteiger partial charge in [-0.05, 0) is 46.0 Å². The summed E-state index contributed by atoms with van der Waals surface area (Å²) in [6, 6.07) is -0.683. The largest absolute Gasteiger partial charge is 0.465 e. The van der Waals surface area contributed by atoms with Crippen molar-refractivity contribution in [2.45, 2.75) is 72.9 Å². The van der Waals surface area contributed by atoms with Gasteiger partial charge in [0.15, 0.2) is 0 Å². The summed E-state index contributed by atoms with van der Waals surface area (Å²) in [5.41, 5.74) is 0. The zero-order valence-electron chi connectivity index (χ0n) is 20.2. The lowest BCUT2D eigenvalue weighted by Crippen LogP contribution is -2.56. The van der Waals surface area contributed by atoms with Gasteiger partial charge in [0.1, 0.15) is 6.04 Å². The zero-order chi connectivity index (χ0) is 25.0. The molecule has 7 nitrogen and oxygen atoms in total. The number of carbonyl (C=O) groups excluding carboxylic acids is 3. The van der Waals surface area contributed by atoms with Crippen molar-refractivity contribution in [2.75, 3.05) is 26.3 Å². The van der Waals surface area contributed by atoms with E-state index in [-0.39, 0.29) is 47.1 Å². The van der Waals surface area contributed by atoms with Crippen LogP contribution in [0.5, 0.6) is 0 Å². The number of esters is 1. The summed E-state index contributed by atoms with van der Waals surface area (Å²) in [6.07, 6.45) is 6.73. The van der Waals surface area contributed by atoms with Crippen LogP contribution in [0.3, 0.4) is 0 Å². The molecule has 0 aromatic carbocycles. The number of ether oxygens (including phenoxy) is 1. The van der Waals surface area contributed by atoms with Gasteiger partial charge in [-0.25, -0.2) is 0 Å². The van der Waals surface area contributed by atoms with Gasteiger partial charge in [0.25, 0.3) is 0 Å². The number of halogens is 1. The third kappa shape index (κ3) is 4.85. The first-order valence-corrected chi connectivity index (χ1v) is 14.0. The minimum atomic E-state index is -0.666. The van der Waals surface area contributed by atoms with Crippen LogP contribution in [0.25, 0.3) is 0 Å². The van der Waals surface area contributed by atoms with Gasteiger partial charge in [0.2, 0.25) is 11.8 Å². The Hall–Kier alpha value is -1.32. The van der Waals surface area contributed by atoms with Crippen molar-refractivity contribution in [2.24, 2.45) is 11.8 Å². The molecule has 190 valence electrons. The Morgan fingerprint density at radius 3 is 2.68 bits per heavy atom. The summed E-state index contributed by atoms with van der Waals surface area (Å²) in [5, 5.41) is 9.05. The van der Waals surface area contributed by atoms with Gasteiger partial charge in [0.05, 0.1) is 23.2 Å². The van der Waals surface area contributed by atoms with Crippen molar-refractivity contribution in [1.29, 1.82) is 0 Å². The van der Waals surface area contributed by atoms with Crippen LogP contribution >= 0.6 is 27.7 Å². The molecule has 9 heteroatoms. The summed E-state index contributed by atoms with van der Waals surface area (Å²) >= 11 is 5.38. The molecular weight excluding hydrogens is 520 g/mol. The monoisotopic (exact) mass is 556 g/mol. The number of hydrogen-bond donors (Lipinski definition) is 1. The third-order valence-corrected chi connectivity index (χ3v) is 10.4. The van der Waals surface area contributed by atoms with Gasteiger partial charge in [-0.3, -0.25) is 14.4 Å². The van der Waals surface area contributed by atoms with Crippen LogP contribution in [0.4, 0.5) is 0 Å². The van der Waals surface area contributed by atoms with Crippen molar-refractivity contribution < 1.29 is 24.2 Å². The van der Waals surface area contributed by atoms with Crippen LogP contribution in [0.1, 0.15) is 46.0 Å². The molecule has 0 aromatic heterocycles. The number of aliphatic hydroxyl groups is 1. The second-order valence-corrected chi connectivity index (χ2v) is 12.3. The first-order valence-electron chi connectivity index (χ1n) is 12.2. The number of thioether (sulfide) groups is 1. The number of carbonyl (C=O) groups is 3. The van der Waals surface area contributed by atoms with E-state index in [0.29, 0.717) is 38.8 Å². The first-order chi connectivity index (χ1) is 16.2. The lowest BCUT2D eigenvalue weighted by Gasteiger charge is -2.39. The lowest BCUT2D eigenvalue weighted by atomic mass is 9.71. The minimum Gasteiger partial charge on any atom is -0.465 e. The van der Waals surface area contributed by atoms with E-state index in [1.807, 2.05) is 13.8 Å².